The number of ether oxygens (including phenoxy) is 2. The summed E-state index contributed by atoms with van der Waals surface area (Å²) in [5, 5.41) is 13.4. The van der Waals surface area contributed by atoms with Crippen LogP contribution in [0.15, 0.2) is 59.9 Å². The Kier molecular flexibility index (Phi) is 6.54. The number of carbonyl (C=O) groups is 1. The van der Waals surface area contributed by atoms with Gasteiger partial charge in [-0.3, -0.25) is 9.36 Å². The minimum atomic E-state index is -0.120. The molecule has 0 radical (unpaired) electrons. The van der Waals surface area contributed by atoms with Gasteiger partial charge in [0, 0.05) is 35.5 Å². The van der Waals surface area contributed by atoms with Crippen molar-refractivity contribution in [2.75, 3.05) is 31.9 Å². The first kappa shape index (κ1) is 21.0. The average Bonchev–Trinajstić information content (AvgIpc) is 3.40. The van der Waals surface area contributed by atoms with E-state index < -0.39 is 0 Å². The highest BCUT2D eigenvalue weighted by molar-refractivity contribution is 7.99. The molecule has 8 nitrogen and oxygen atoms in total. The molecule has 0 aliphatic rings. The molecule has 0 spiro atoms. The number of carbonyl (C=O) groups excluding carboxylic acids is 1. The summed E-state index contributed by atoms with van der Waals surface area (Å²) in [4.78, 5) is 15.7. The van der Waals surface area contributed by atoms with Crippen LogP contribution >= 0.6 is 11.8 Å². The second kappa shape index (κ2) is 9.67. The van der Waals surface area contributed by atoms with Crippen LogP contribution in [0, 0.1) is 0 Å². The lowest BCUT2D eigenvalue weighted by molar-refractivity contribution is -0.113. The van der Waals surface area contributed by atoms with E-state index in [1.54, 1.807) is 38.5 Å². The van der Waals surface area contributed by atoms with Gasteiger partial charge in [0.1, 0.15) is 5.75 Å². The first-order valence-corrected chi connectivity index (χ1v) is 10.7. The minimum absolute atomic E-state index is 0.120. The van der Waals surface area contributed by atoms with E-state index in [0.29, 0.717) is 24.0 Å². The number of nitrogens with one attached hydrogen (secondary N) is 2. The highest BCUT2D eigenvalue weighted by atomic mass is 32.2. The fourth-order valence-corrected chi connectivity index (χ4v) is 4.00. The van der Waals surface area contributed by atoms with Gasteiger partial charge in [0.2, 0.25) is 5.91 Å². The van der Waals surface area contributed by atoms with Gasteiger partial charge in [-0.15, -0.1) is 10.2 Å². The number of H-pyrrole nitrogens is 1. The lowest BCUT2D eigenvalue weighted by Crippen LogP contribution is -2.15. The zero-order valence-electron chi connectivity index (χ0n) is 17.3. The summed E-state index contributed by atoms with van der Waals surface area (Å²) >= 11 is 1.34. The third kappa shape index (κ3) is 4.73. The Morgan fingerprint density at radius 3 is 2.71 bits per heavy atom. The Bertz CT molecular complexity index is 1170. The van der Waals surface area contributed by atoms with Gasteiger partial charge in [0.25, 0.3) is 0 Å². The van der Waals surface area contributed by atoms with Gasteiger partial charge in [0.15, 0.2) is 11.0 Å². The van der Waals surface area contributed by atoms with Gasteiger partial charge in [-0.25, -0.2) is 0 Å². The molecule has 1 amide bonds. The fourth-order valence-electron chi connectivity index (χ4n) is 3.24. The Morgan fingerprint density at radius 1 is 1.13 bits per heavy atom. The molecule has 2 heterocycles. The van der Waals surface area contributed by atoms with Crippen molar-refractivity contribution in [2.45, 2.75) is 11.7 Å². The smallest absolute Gasteiger partial charge is 0.234 e. The van der Waals surface area contributed by atoms with Crippen molar-refractivity contribution in [1.29, 1.82) is 0 Å². The zero-order chi connectivity index (χ0) is 21.6. The predicted octanol–water partition coefficient (Wildman–Crippen LogP) is 3.81. The summed E-state index contributed by atoms with van der Waals surface area (Å²) in [6.07, 6.45) is 1.93. The van der Waals surface area contributed by atoms with Crippen LogP contribution in [0.5, 0.6) is 5.75 Å². The zero-order valence-corrected chi connectivity index (χ0v) is 18.1. The maximum atomic E-state index is 12.4. The second-order valence-electron chi connectivity index (χ2n) is 6.76. The molecule has 0 unspecified atom stereocenters. The summed E-state index contributed by atoms with van der Waals surface area (Å²) in [7, 11) is 3.26. The topological polar surface area (TPSA) is 94.1 Å². The molecule has 0 aliphatic carbocycles. The van der Waals surface area contributed by atoms with E-state index in [0.717, 1.165) is 28.0 Å². The van der Waals surface area contributed by atoms with E-state index in [1.807, 2.05) is 35.0 Å². The number of benzene rings is 2. The van der Waals surface area contributed by atoms with Gasteiger partial charge < -0.3 is 19.8 Å². The van der Waals surface area contributed by atoms with Crippen molar-refractivity contribution >= 4 is 34.3 Å². The minimum Gasteiger partial charge on any atom is -0.497 e. The number of thioether (sulfide) groups is 1. The van der Waals surface area contributed by atoms with Crippen molar-refractivity contribution < 1.29 is 14.3 Å². The molecule has 4 rings (SSSR count). The highest BCUT2D eigenvalue weighted by Gasteiger charge is 2.18. The molecule has 2 aromatic carbocycles. The molecule has 2 N–H and O–H groups in total. The number of para-hydroxylation sites is 1. The largest absolute Gasteiger partial charge is 0.497 e. The SMILES string of the molecule is COCCn1c(SCC(=O)Nc2ccc(OC)cc2)nnc1-c1c[nH]c2ccccc12. The molecule has 0 atom stereocenters. The number of anilines is 1. The fraction of sp³-hybridized carbons (Fsp3) is 0.227. The number of hydrogen-bond donors (Lipinski definition) is 2. The van der Waals surface area contributed by atoms with Crippen molar-refractivity contribution in [3.63, 3.8) is 0 Å². The van der Waals surface area contributed by atoms with E-state index >= 15 is 0 Å². The Hall–Kier alpha value is -3.30. The van der Waals surface area contributed by atoms with Gasteiger partial charge >= 0.3 is 0 Å². The lowest BCUT2D eigenvalue weighted by atomic mass is 10.1. The van der Waals surface area contributed by atoms with E-state index in [4.69, 9.17) is 9.47 Å². The third-order valence-corrected chi connectivity index (χ3v) is 5.74. The highest BCUT2D eigenvalue weighted by Crippen LogP contribution is 2.30. The number of fused-ring (bicyclic) bond motifs is 1. The van der Waals surface area contributed by atoms with E-state index in [-0.39, 0.29) is 11.7 Å². The quantitative estimate of drug-likeness (QED) is 0.387. The molecule has 0 saturated carbocycles. The monoisotopic (exact) mass is 437 g/mol. The molecule has 9 heteroatoms. The Labute approximate surface area is 184 Å². The molecule has 31 heavy (non-hydrogen) atoms. The van der Waals surface area contributed by atoms with Crippen molar-refractivity contribution in [3.05, 3.63) is 54.7 Å². The summed E-state index contributed by atoms with van der Waals surface area (Å²) in [5.74, 6) is 1.58. The Morgan fingerprint density at radius 2 is 1.94 bits per heavy atom. The summed E-state index contributed by atoms with van der Waals surface area (Å²) < 4.78 is 12.4. The molecular weight excluding hydrogens is 414 g/mol. The van der Waals surface area contributed by atoms with Gasteiger partial charge in [-0.2, -0.15) is 0 Å². The van der Waals surface area contributed by atoms with Gasteiger partial charge in [0.05, 0.1) is 26.0 Å². The van der Waals surface area contributed by atoms with Crippen molar-refractivity contribution in [2.24, 2.45) is 0 Å². The predicted molar refractivity (Wildman–Crippen MR) is 122 cm³/mol. The second-order valence-corrected chi connectivity index (χ2v) is 7.71. The van der Waals surface area contributed by atoms with Crippen LogP contribution in [-0.2, 0) is 16.1 Å². The van der Waals surface area contributed by atoms with E-state index in [2.05, 4.69) is 20.5 Å². The molecule has 0 fully saturated rings. The van der Waals surface area contributed by atoms with E-state index in [9.17, 15) is 4.79 Å². The van der Waals surface area contributed by atoms with Gasteiger partial charge in [-0.05, 0) is 30.3 Å². The molecule has 0 bridgehead atoms. The lowest BCUT2D eigenvalue weighted by Gasteiger charge is -2.10. The first-order valence-electron chi connectivity index (χ1n) is 9.75. The standard InChI is InChI=1S/C22H23N5O3S/c1-29-12-11-27-21(18-13-23-19-6-4-3-5-17(18)19)25-26-22(27)31-14-20(28)24-15-7-9-16(30-2)10-8-15/h3-10,13,23H,11-12,14H2,1-2H3,(H,24,28). The molecule has 4 aromatic rings. The number of methoxy groups -OCH3 is 2. The van der Waals surface area contributed by atoms with Crippen LogP contribution in [0.4, 0.5) is 5.69 Å². The number of aromatic nitrogens is 4. The number of hydrogen-bond acceptors (Lipinski definition) is 6. The van der Waals surface area contributed by atoms with Crippen LogP contribution in [0.2, 0.25) is 0 Å². The average molecular weight is 438 g/mol. The maximum absolute atomic E-state index is 12.4. The van der Waals surface area contributed by atoms with Gasteiger partial charge in [-0.1, -0.05) is 30.0 Å². The van der Waals surface area contributed by atoms with Crippen LogP contribution < -0.4 is 10.1 Å². The molecule has 2 aromatic heterocycles. The Balaban J connectivity index is 1.50. The molecular formula is C22H23N5O3S. The van der Waals surface area contributed by atoms with Crippen LogP contribution in [0.3, 0.4) is 0 Å². The summed E-state index contributed by atoms with van der Waals surface area (Å²) in [5.41, 5.74) is 2.72. The van der Waals surface area contributed by atoms with Crippen LogP contribution in [0.25, 0.3) is 22.3 Å². The maximum Gasteiger partial charge on any atom is 0.234 e. The number of rotatable bonds is 9. The van der Waals surface area contributed by atoms with Crippen molar-refractivity contribution in [3.8, 4) is 17.1 Å². The number of aromatic amines is 1. The number of nitrogens with zero attached hydrogens (tertiary/aromatic N) is 3. The molecule has 0 saturated heterocycles. The first-order chi connectivity index (χ1) is 15.2. The third-order valence-electron chi connectivity index (χ3n) is 4.77. The summed E-state index contributed by atoms with van der Waals surface area (Å²) in [6, 6.07) is 15.3. The van der Waals surface area contributed by atoms with E-state index in [1.165, 1.54) is 11.8 Å². The van der Waals surface area contributed by atoms with Crippen LogP contribution in [-0.4, -0.2) is 52.2 Å². The van der Waals surface area contributed by atoms with Crippen LogP contribution in [0.1, 0.15) is 0 Å². The molecule has 160 valence electrons. The summed E-state index contributed by atoms with van der Waals surface area (Å²) in [6.45, 7) is 1.10. The number of amides is 1. The molecule has 0 aliphatic heterocycles. The van der Waals surface area contributed by atoms with Crippen molar-refractivity contribution in [1.82, 2.24) is 19.7 Å². The normalized spacial score (nSPS) is 11.0.